The molecule has 4 nitrogen and oxygen atoms in total. The lowest BCUT2D eigenvalue weighted by Gasteiger charge is -2.02. The molecule has 0 fully saturated rings. The number of nitrogens with zero attached hydrogens (tertiary/aromatic N) is 1. The average Bonchev–Trinajstić information content (AvgIpc) is 2.99. The molecule has 0 amide bonds. The number of carbonyl (C=O) groups excluding carboxylic acids is 1. The Balaban J connectivity index is 2.15. The topological polar surface area (TPSA) is 59.3 Å². The molecule has 0 saturated heterocycles. The first-order valence-electron chi connectivity index (χ1n) is 5.88. The van der Waals surface area contributed by atoms with Gasteiger partial charge in [0.2, 0.25) is 0 Å². The van der Waals surface area contributed by atoms with Gasteiger partial charge in [0, 0.05) is 15.1 Å². The molecule has 0 spiro atoms. The van der Waals surface area contributed by atoms with E-state index in [0.717, 1.165) is 19.5 Å². The second kappa shape index (κ2) is 5.53. The van der Waals surface area contributed by atoms with E-state index in [0.29, 0.717) is 15.6 Å². The highest BCUT2D eigenvalue weighted by molar-refractivity contribution is 7.33. The van der Waals surface area contributed by atoms with Crippen molar-refractivity contribution in [3.63, 3.8) is 0 Å². The number of hydrogen-bond donors (Lipinski definition) is 0. The van der Waals surface area contributed by atoms with Crippen LogP contribution in [-0.2, 0) is 9.53 Å². The maximum atomic E-state index is 11.2. The summed E-state index contributed by atoms with van der Waals surface area (Å²) in [4.78, 5) is 11.7. The third-order valence-electron chi connectivity index (χ3n) is 2.89. The summed E-state index contributed by atoms with van der Waals surface area (Å²) >= 11 is 8.85. The smallest absolute Gasteiger partial charge is 0.343 e. The first-order chi connectivity index (χ1) is 10.1. The minimum atomic E-state index is -0.484. The van der Waals surface area contributed by atoms with E-state index in [1.165, 1.54) is 29.8 Å². The van der Waals surface area contributed by atoms with Gasteiger partial charge in [0.15, 0.2) is 12.4 Å². The molecule has 0 aliphatic rings. The van der Waals surface area contributed by atoms with E-state index >= 15 is 0 Å². The molecule has 0 unspecified atom stereocenters. The molecule has 1 aromatic carbocycles. The van der Waals surface area contributed by atoms with Crippen molar-refractivity contribution < 1.29 is 14.3 Å². The molecule has 0 radical (unpaired) electrons. The van der Waals surface area contributed by atoms with Gasteiger partial charge in [-0.1, -0.05) is 17.7 Å². The second-order valence-corrected chi connectivity index (χ2v) is 6.65. The largest absolute Gasteiger partial charge is 0.478 e. The Morgan fingerprint density at radius 3 is 2.90 bits per heavy atom. The molecule has 3 aromatic rings. The van der Waals surface area contributed by atoms with E-state index in [9.17, 15) is 10.1 Å². The van der Waals surface area contributed by atoms with Crippen LogP contribution in [0.2, 0.25) is 5.02 Å². The Hall–Kier alpha value is -1.81. The quantitative estimate of drug-likeness (QED) is 0.672. The SMILES string of the molecule is COC(=O)COc1c(C#N)sc2c1sc1cc(Cl)ccc12. The lowest BCUT2D eigenvalue weighted by Crippen LogP contribution is -2.12. The van der Waals surface area contributed by atoms with Crippen LogP contribution in [0.5, 0.6) is 5.75 Å². The van der Waals surface area contributed by atoms with Crippen molar-refractivity contribution in [3.05, 3.63) is 28.1 Å². The van der Waals surface area contributed by atoms with Crippen molar-refractivity contribution in [1.29, 1.82) is 5.26 Å². The third-order valence-corrected chi connectivity index (χ3v) is 5.51. The molecule has 2 heterocycles. The van der Waals surface area contributed by atoms with Crippen LogP contribution in [-0.4, -0.2) is 19.7 Å². The number of fused-ring (bicyclic) bond motifs is 3. The van der Waals surface area contributed by atoms with E-state index in [2.05, 4.69) is 10.8 Å². The fourth-order valence-corrected chi connectivity index (χ4v) is 4.68. The summed E-state index contributed by atoms with van der Waals surface area (Å²) in [5, 5.41) is 10.9. The molecule has 7 heteroatoms. The van der Waals surface area contributed by atoms with Gasteiger partial charge in [-0.3, -0.25) is 0 Å². The molecule has 0 atom stereocenters. The molecule has 0 aliphatic heterocycles. The molecule has 3 rings (SSSR count). The maximum absolute atomic E-state index is 11.2. The van der Waals surface area contributed by atoms with Gasteiger partial charge in [0.1, 0.15) is 10.9 Å². The van der Waals surface area contributed by atoms with Crippen LogP contribution in [0.3, 0.4) is 0 Å². The molecule has 106 valence electrons. The van der Waals surface area contributed by atoms with Gasteiger partial charge in [-0.2, -0.15) is 5.26 Å². The Morgan fingerprint density at radius 1 is 1.38 bits per heavy atom. The van der Waals surface area contributed by atoms with E-state index in [-0.39, 0.29) is 6.61 Å². The van der Waals surface area contributed by atoms with E-state index in [1.54, 1.807) is 0 Å². The van der Waals surface area contributed by atoms with Gasteiger partial charge < -0.3 is 9.47 Å². The van der Waals surface area contributed by atoms with Crippen LogP contribution < -0.4 is 4.74 Å². The van der Waals surface area contributed by atoms with Crippen molar-refractivity contribution in [3.8, 4) is 11.8 Å². The predicted octanol–water partition coefficient (Wildman–Crippen LogP) is 4.19. The highest BCUT2D eigenvalue weighted by Crippen LogP contribution is 2.47. The number of benzene rings is 1. The van der Waals surface area contributed by atoms with Crippen LogP contribution in [0, 0.1) is 11.3 Å². The van der Waals surface area contributed by atoms with Crippen molar-refractivity contribution in [2.45, 2.75) is 0 Å². The van der Waals surface area contributed by atoms with E-state index in [1.807, 2.05) is 18.2 Å². The van der Waals surface area contributed by atoms with Crippen molar-refractivity contribution in [2.24, 2.45) is 0 Å². The summed E-state index contributed by atoms with van der Waals surface area (Å²) in [6.07, 6.45) is 0. The molecule has 0 aliphatic carbocycles. The number of methoxy groups -OCH3 is 1. The van der Waals surface area contributed by atoms with Gasteiger partial charge in [0.25, 0.3) is 0 Å². The summed E-state index contributed by atoms with van der Waals surface area (Å²) in [5.74, 6) is -0.0392. The molecule has 0 N–H and O–H groups in total. The Morgan fingerprint density at radius 2 is 2.19 bits per heavy atom. The monoisotopic (exact) mass is 337 g/mol. The van der Waals surface area contributed by atoms with Crippen LogP contribution in [0.1, 0.15) is 4.88 Å². The molecule has 2 aromatic heterocycles. The molecule has 21 heavy (non-hydrogen) atoms. The summed E-state index contributed by atoms with van der Waals surface area (Å²) < 4.78 is 12.9. The van der Waals surface area contributed by atoms with Crippen molar-refractivity contribution >= 4 is 59.7 Å². The number of thiophene rings is 2. The predicted molar refractivity (Wildman–Crippen MR) is 84.4 cm³/mol. The van der Waals surface area contributed by atoms with Crippen LogP contribution in [0.25, 0.3) is 19.5 Å². The summed E-state index contributed by atoms with van der Waals surface area (Å²) in [5.41, 5.74) is 0. The highest BCUT2D eigenvalue weighted by Gasteiger charge is 2.19. The maximum Gasteiger partial charge on any atom is 0.343 e. The first-order valence-corrected chi connectivity index (χ1v) is 7.89. The lowest BCUT2D eigenvalue weighted by molar-refractivity contribution is -0.142. The average molecular weight is 338 g/mol. The number of hydrogen-bond acceptors (Lipinski definition) is 6. The highest BCUT2D eigenvalue weighted by atomic mass is 35.5. The zero-order valence-electron chi connectivity index (χ0n) is 10.8. The van der Waals surface area contributed by atoms with E-state index in [4.69, 9.17) is 16.3 Å². The third kappa shape index (κ3) is 2.44. The van der Waals surface area contributed by atoms with Crippen molar-refractivity contribution in [2.75, 3.05) is 13.7 Å². The minimum absolute atomic E-state index is 0.216. The number of halogens is 1. The van der Waals surface area contributed by atoms with Crippen molar-refractivity contribution in [1.82, 2.24) is 0 Å². The zero-order chi connectivity index (χ0) is 15.0. The number of esters is 1. The molecular formula is C14H8ClNO3S2. The number of carbonyl (C=O) groups is 1. The van der Waals surface area contributed by atoms with Gasteiger partial charge in [-0.05, 0) is 12.1 Å². The Kier molecular flexibility index (Phi) is 3.72. The van der Waals surface area contributed by atoms with Crippen LogP contribution in [0.15, 0.2) is 18.2 Å². The normalized spacial score (nSPS) is 10.7. The lowest BCUT2D eigenvalue weighted by atomic mass is 10.2. The van der Waals surface area contributed by atoms with Crippen LogP contribution in [0.4, 0.5) is 0 Å². The van der Waals surface area contributed by atoms with Gasteiger partial charge in [-0.25, -0.2) is 4.79 Å². The Bertz CT molecular complexity index is 891. The fraction of sp³-hybridized carbons (Fsp3) is 0.143. The second-order valence-electron chi connectivity index (χ2n) is 4.14. The fourth-order valence-electron chi connectivity index (χ4n) is 1.94. The number of nitriles is 1. The van der Waals surface area contributed by atoms with Gasteiger partial charge >= 0.3 is 5.97 Å². The number of ether oxygens (including phenoxy) is 2. The molecular weight excluding hydrogens is 330 g/mol. The zero-order valence-corrected chi connectivity index (χ0v) is 13.2. The summed E-state index contributed by atoms with van der Waals surface area (Å²) in [7, 11) is 1.29. The Labute approximate surface area is 133 Å². The van der Waals surface area contributed by atoms with Crippen LogP contribution >= 0.6 is 34.3 Å². The van der Waals surface area contributed by atoms with E-state index < -0.39 is 5.97 Å². The molecule has 0 saturated carbocycles. The molecule has 0 bridgehead atoms. The first kappa shape index (κ1) is 14.1. The van der Waals surface area contributed by atoms with Gasteiger partial charge in [0.05, 0.1) is 16.5 Å². The summed E-state index contributed by atoms with van der Waals surface area (Å²) in [6, 6.07) is 7.74. The number of rotatable bonds is 3. The summed E-state index contributed by atoms with van der Waals surface area (Å²) in [6.45, 7) is -0.216. The minimum Gasteiger partial charge on any atom is -0.478 e. The van der Waals surface area contributed by atoms with Gasteiger partial charge in [-0.15, -0.1) is 22.7 Å². The standard InChI is InChI=1S/C14H8ClNO3S2/c1-18-11(17)6-19-12-10(5-16)21-13-8-3-2-7(15)4-9(8)20-14(12)13/h2-4H,6H2,1H3.